The van der Waals surface area contributed by atoms with E-state index >= 15 is 0 Å². The Balaban J connectivity index is 2.28. The van der Waals surface area contributed by atoms with Crippen LogP contribution in [0.25, 0.3) is 0 Å². The summed E-state index contributed by atoms with van der Waals surface area (Å²) < 4.78 is 14.9. The molecule has 0 aliphatic carbocycles. The Kier molecular flexibility index (Phi) is 1.04. The predicted molar refractivity (Wildman–Crippen MR) is 39.9 cm³/mol. The van der Waals surface area contributed by atoms with Crippen LogP contribution in [0.15, 0.2) is 0 Å². The summed E-state index contributed by atoms with van der Waals surface area (Å²) in [7, 11) is 0. The number of hydrogen-bond acceptors (Lipinski definition) is 2. The number of aliphatic hydroxyl groups is 1. The van der Waals surface area contributed by atoms with Gasteiger partial charge in [0.05, 0.1) is 9.30 Å². The predicted octanol–water partition coefficient (Wildman–Crippen LogP) is 0.607. The average molecular weight is 143 g/mol. The molecule has 0 aromatic carbocycles. The van der Waals surface area contributed by atoms with Crippen molar-refractivity contribution in [1.29, 1.82) is 0 Å². The lowest BCUT2D eigenvalue weighted by Gasteiger charge is -2.29. The summed E-state index contributed by atoms with van der Waals surface area (Å²) in [5.41, 5.74) is -0.535. The molecular formula is C8H15NO. The van der Waals surface area contributed by atoms with Gasteiger partial charge in [-0.2, -0.15) is 0 Å². The molecule has 2 aliphatic rings. The SMILES string of the molecule is [2H]C([2H])(O)C12CCCN1CCC2. The summed E-state index contributed by atoms with van der Waals surface area (Å²) in [5, 5.41) is 9.47. The molecule has 2 fully saturated rings. The maximum atomic E-state index is 9.47. The Hall–Kier alpha value is -0.0800. The summed E-state index contributed by atoms with van der Waals surface area (Å²) in [6.45, 7) is -0.0971. The van der Waals surface area contributed by atoms with Crippen LogP contribution in [-0.4, -0.2) is 35.2 Å². The molecule has 0 aromatic heterocycles. The lowest BCUT2D eigenvalue weighted by Crippen LogP contribution is -2.41. The van der Waals surface area contributed by atoms with Gasteiger partial charge in [0.1, 0.15) is 0 Å². The third-order valence-electron chi connectivity index (χ3n) is 2.85. The lowest BCUT2D eigenvalue weighted by atomic mass is 9.96. The summed E-state index contributed by atoms with van der Waals surface area (Å²) in [5.74, 6) is 0. The highest BCUT2D eigenvalue weighted by atomic mass is 16.3. The fourth-order valence-electron chi connectivity index (χ4n) is 2.29. The molecule has 0 amide bonds. The second-order valence-corrected chi connectivity index (χ2v) is 3.34. The van der Waals surface area contributed by atoms with Crippen LogP contribution in [0.1, 0.15) is 28.4 Å². The molecular weight excluding hydrogens is 126 g/mol. The minimum absolute atomic E-state index is 0.535. The van der Waals surface area contributed by atoms with Crippen molar-refractivity contribution in [3.63, 3.8) is 0 Å². The molecule has 2 rings (SSSR count). The molecule has 0 atom stereocenters. The normalized spacial score (nSPS) is 35.3. The zero-order valence-electron chi connectivity index (χ0n) is 8.14. The number of rotatable bonds is 1. The first kappa shape index (κ1) is 4.73. The Labute approximate surface area is 64.6 Å². The van der Waals surface area contributed by atoms with Gasteiger partial charge in [0.2, 0.25) is 0 Å². The van der Waals surface area contributed by atoms with Crippen molar-refractivity contribution >= 4 is 0 Å². The van der Waals surface area contributed by atoms with Crippen LogP contribution in [-0.2, 0) is 0 Å². The smallest absolute Gasteiger partial charge is 0.0615 e. The van der Waals surface area contributed by atoms with Crippen LogP contribution < -0.4 is 0 Å². The van der Waals surface area contributed by atoms with E-state index in [9.17, 15) is 5.11 Å². The molecule has 1 N–H and O–H groups in total. The first-order chi connectivity index (χ1) is 5.56. The maximum Gasteiger partial charge on any atom is 0.0615 e. The molecule has 2 nitrogen and oxygen atoms in total. The lowest BCUT2D eigenvalue weighted by molar-refractivity contribution is 0.0999. The van der Waals surface area contributed by atoms with E-state index in [4.69, 9.17) is 2.74 Å². The monoisotopic (exact) mass is 143 g/mol. The molecule has 2 heteroatoms. The Morgan fingerprint density at radius 1 is 1.40 bits per heavy atom. The molecule has 2 saturated heterocycles. The standard InChI is InChI=1S/C8H15NO/c10-7-8-3-1-5-9(8)6-2-4-8/h10H,1-7H2/i7D2. The van der Waals surface area contributed by atoms with Crippen molar-refractivity contribution in [2.24, 2.45) is 0 Å². The topological polar surface area (TPSA) is 23.5 Å². The van der Waals surface area contributed by atoms with Gasteiger partial charge in [-0.05, 0) is 38.8 Å². The zero-order valence-corrected chi connectivity index (χ0v) is 6.14. The molecule has 0 spiro atoms. The van der Waals surface area contributed by atoms with Gasteiger partial charge < -0.3 is 5.11 Å². The largest absolute Gasteiger partial charge is 0.394 e. The quantitative estimate of drug-likeness (QED) is 0.581. The van der Waals surface area contributed by atoms with Gasteiger partial charge in [-0.15, -0.1) is 0 Å². The molecule has 0 unspecified atom stereocenters. The molecule has 10 heavy (non-hydrogen) atoms. The molecule has 0 radical (unpaired) electrons. The van der Waals surface area contributed by atoms with Gasteiger partial charge in [0, 0.05) is 5.54 Å². The van der Waals surface area contributed by atoms with Crippen LogP contribution in [0.5, 0.6) is 0 Å². The fourth-order valence-corrected chi connectivity index (χ4v) is 2.29. The molecule has 2 aliphatic heterocycles. The molecule has 0 bridgehead atoms. The van der Waals surface area contributed by atoms with Gasteiger partial charge >= 0.3 is 0 Å². The van der Waals surface area contributed by atoms with E-state index in [0.717, 1.165) is 38.8 Å². The van der Waals surface area contributed by atoms with Crippen LogP contribution in [0.4, 0.5) is 0 Å². The fraction of sp³-hybridized carbons (Fsp3) is 1.00. The molecule has 58 valence electrons. The highest BCUT2D eigenvalue weighted by Crippen LogP contribution is 2.37. The van der Waals surface area contributed by atoms with Gasteiger partial charge in [-0.1, -0.05) is 0 Å². The zero-order chi connectivity index (χ0) is 8.82. The van der Waals surface area contributed by atoms with Gasteiger partial charge in [0.15, 0.2) is 0 Å². The van der Waals surface area contributed by atoms with Crippen molar-refractivity contribution in [2.75, 3.05) is 19.6 Å². The molecule has 0 aromatic rings. The molecule has 0 saturated carbocycles. The minimum atomic E-state index is -2.01. The highest BCUT2D eigenvalue weighted by Gasteiger charge is 2.43. The molecule has 2 heterocycles. The van der Waals surface area contributed by atoms with Gasteiger partial charge in [-0.3, -0.25) is 4.90 Å². The Morgan fingerprint density at radius 2 is 2.00 bits per heavy atom. The first-order valence-electron chi connectivity index (χ1n) is 5.04. The third-order valence-corrected chi connectivity index (χ3v) is 2.85. The summed E-state index contributed by atoms with van der Waals surface area (Å²) >= 11 is 0. The second kappa shape index (κ2) is 2.21. The summed E-state index contributed by atoms with van der Waals surface area (Å²) in [6.07, 6.45) is 3.69. The van der Waals surface area contributed by atoms with Crippen LogP contribution >= 0.6 is 0 Å². The number of nitrogens with zero attached hydrogens (tertiary/aromatic N) is 1. The maximum absolute atomic E-state index is 9.47. The van der Waals surface area contributed by atoms with E-state index in [0.29, 0.717) is 0 Å². The average Bonchev–Trinajstić information content (AvgIpc) is 2.37. The van der Waals surface area contributed by atoms with Crippen molar-refractivity contribution in [2.45, 2.75) is 31.2 Å². The van der Waals surface area contributed by atoms with E-state index in [1.807, 2.05) is 0 Å². The number of fused-ring (bicyclic) bond motifs is 1. The van der Waals surface area contributed by atoms with E-state index in [1.54, 1.807) is 0 Å². The second-order valence-electron chi connectivity index (χ2n) is 3.34. The summed E-state index contributed by atoms with van der Waals surface area (Å²) in [4.78, 5) is 2.12. The minimum Gasteiger partial charge on any atom is -0.394 e. The summed E-state index contributed by atoms with van der Waals surface area (Å²) in [6, 6.07) is 0. The third kappa shape index (κ3) is 0.722. The van der Waals surface area contributed by atoms with E-state index in [-0.39, 0.29) is 0 Å². The van der Waals surface area contributed by atoms with Gasteiger partial charge in [-0.25, -0.2) is 0 Å². The highest BCUT2D eigenvalue weighted by molar-refractivity contribution is 4.99. The van der Waals surface area contributed by atoms with E-state index in [1.165, 1.54) is 0 Å². The van der Waals surface area contributed by atoms with Crippen molar-refractivity contribution < 1.29 is 7.85 Å². The van der Waals surface area contributed by atoms with Crippen LogP contribution in [0.2, 0.25) is 0 Å². The Morgan fingerprint density at radius 3 is 2.40 bits per heavy atom. The van der Waals surface area contributed by atoms with Crippen molar-refractivity contribution in [1.82, 2.24) is 4.90 Å². The van der Waals surface area contributed by atoms with Crippen LogP contribution in [0.3, 0.4) is 0 Å². The van der Waals surface area contributed by atoms with E-state index in [2.05, 4.69) is 4.90 Å². The van der Waals surface area contributed by atoms with Crippen molar-refractivity contribution in [3.8, 4) is 0 Å². The van der Waals surface area contributed by atoms with E-state index < -0.39 is 12.1 Å². The van der Waals surface area contributed by atoms with Crippen LogP contribution in [0, 0.1) is 0 Å². The first-order valence-corrected chi connectivity index (χ1v) is 4.04. The Bertz CT molecular complexity index is 180. The number of hydrogen-bond donors (Lipinski definition) is 1. The van der Waals surface area contributed by atoms with Gasteiger partial charge in [0.25, 0.3) is 0 Å². The van der Waals surface area contributed by atoms with Crippen molar-refractivity contribution in [3.05, 3.63) is 0 Å².